The second-order valence-corrected chi connectivity index (χ2v) is 4.98. The predicted octanol–water partition coefficient (Wildman–Crippen LogP) is 3.27. The zero-order valence-electron chi connectivity index (χ0n) is 8.43. The molecule has 0 aliphatic heterocycles. The molecule has 1 N–H and O–H groups in total. The summed E-state index contributed by atoms with van der Waals surface area (Å²) in [5, 5.41) is 3.57. The lowest BCUT2D eigenvalue weighted by Crippen LogP contribution is -2.08. The SMILES string of the molecule is CNc1c(Cl)sc2ccc(C)cc2c1=O. The topological polar surface area (TPSA) is 29.1 Å². The Balaban J connectivity index is 2.92. The lowest BCUT2D eigenvalue weighted by molar-refractivity contribution is 1.48. The van der Waals surface area contributed by atoms with Crippen molar-refractivity contribution in [1.29, 1.82) is 0 Å². The molecule has 0 atom stereocenters. The number of hydrogen-bond donors (Lipinski definition) is 1. The first-order chi connectivity index (χ1) is 7.13. The Bertz CT molecular complexity index is 577. The van der Waals surface area contributed by atoms with E-state index in [9.17, 15) is 4.79 Å². The molecule has 2 rings (SSSR count). The van der Waals surface area contributed by atoms with Gasteiger partial charge in [-0.25, -0.2) is 0 Å². The molecule has 4 heteroatoms. The maximum Gasteiger partial charge on any atom is 0.212 e. The van der Waals surface area contributed by atoms with E-state index in [1.807, 2.05) is 25.1 Å². The van der Waals surface area contributed by atoms with Gasteiger partial charge in [-0.15, -0.1) is 11.3 Å². The molecule has 0 unspecified atom stereocenters. The third kappa shape index (κ3) is 1.73. The summed E-state index contributed by atoms with van der Waals surface area (Å²) < 4.78 is 1.44. The van der Waals surface area contributed by atoms with Gasteiger partial charge in [-0.2, -0.15) is 0 Å². The molecule has 0 bridgehead atoms. The molecule has 1 aromatic carbocycles. The highest BCUT2D eigenvalue weighted by Crippen LogP contribution is 2.29. The molecule has 78 valence electrons. The number of rotatable bonds is 1. The fourth-order valence-electron chi connectivity index (χ4n) is 1.49. The molecule has 0 amide bonds. The Morgan fingerprint density at radius 1 is 1.40 bits per heavy atom. The fourth-order valence-corrected chi connectivity index (χ4v) is 2.81. The van der Waals surface area contributed by atoms with Gasteiger partial charge in [0, 0.05) is 17.1 Å². The Kier molecular flexibility index (Phi) is 2.67. The molecule has 15 heavy (non-hydrogen) atoms. The minimum Gasteiger partial charge on any atom is -0.383 e. The Morgan fingerprint density at radius 2 is 2.13 bits per heavy atom. The van der Waals surface area contributed by atoms with Crippen LogP contribution < -0.4 is 10.7 Å². The monoisotopic (exact) mass is 239 g/mol. The molecule has 0 saturated carbocycles. The van der Waals surface area contributed by atoms with Crippen LogP contribution in [0.5, 0.6) is 0 Å². The molecular weight excluding hydrogens is 230 g/mol. The van der Waals surface area contributed by atoms with Crippen molar-refractivity contribution in [3.8, 4) is 0 Å². The van der Waals surface area contributed by atoms with Crippen LogP contribution in [-0.4, -0.2) is 7.05 Å². The molecule has 0 radical (unpaired) electrons. The predicted molar refractivity (Wildman–Crippen MR) is 67.4 cm³/mol. The van der Waals surface area contributed by atoms with Gasteiger partial charge in [0.25, 0.3) is 0 Å². The minimum atomic E-state index is -0.0278. The summed E-state index contributed by atoms with van der Waals surface area (Å²) in [4.78, 5) is 12.0. The summed E-state index contributed by atoms with van der Waals surface area (Å²) in [6, 6.07) is 5.81. The van der Waals surface area contributed by atoms with Crippen LogP contribution in [0.2, 0.25) is 4.34 Å². The van der Waals surface area contributed by atoms with E-state index in [-0.39, 0.29) is 5.43 Å². The number of aryl methyl sites for hydroxylation is 1. The van der Waals surface area contributed by atoms with E-state index in [4.69, 9.17) is 11.6 Å². The van der Waals surface area contributed by atoms with Crippen LogP contribution in [0.1, 0.15) is 5.56 Å². The van der Waals surface area contributed by atoms with Crippen LogP contribution in [0.3, 0.4) is 0 Å². The number of benzene rings is 1. The van der Waals surface area contributed by atoms with Crippen LogP contribution in [0.4, 0.5) is 5.69 Å². The molecule has 1 heterocycles. The van der Waals surface area contributed by atoms with E-state index in [1.165, 1.54) is 11.3 Å². The first kappa shape index (κ1) is 10.5. The Hall–Kier alpha value is -1.06. The van der Waals surface area contributed by atoms with Crippen LogP contribution in [0.25, 0.3) is 10.1 Å². The molecule has 0 saturated heterocycles. The zero-order valence-corrected chi connectivity index (χ0v) is 10.00. The van der Waals surface area contributed by atoms with Gasteiger partial charge in [-0.3, -0.25) is 4.79 Å². The van der Waals surface area contributed by atoms with E-state index >= 15 is 0 Å². The maximum absolute atomic E-state index is 12.0. The Morgan fingerprint density at radius 3 is 2.80 bits per heavy atom. The van der Waals surface area contributed by atoms with Crippen molar-refractivity contribution in [2.75, 3.05) is 12.4 Å². The van der Waals surface area contributed by atoms with Crippen LogP contribution in [-0.2, 0) is 0 Å². The first-order valence-corrected chi connectivity index (χ1v) is 5.73. The molecule has 0 spiro atoms. The van der Waals surface area contributed by atoms with Crippen LogP contribution in [0, 0.1) is 6.92 Å². The summed E-state index contributed by atoms with van der Waals surface area (Å²) in [5.41, 5.74) is 1.54. The highest BCUT2D eigenvalue weighted by Gasteiger charge is 2.09. The van der Waals surface area contributed by atoms with E-state index in [2.05, 4.69) is 5.32 Å². The fraction of sp³-hybridized carbons (Fsp3) is 0.182. The quantitative estimate of drug-likeness (QED) is 0.828. The van der Waals surface area contributed by atoms with Gasteiger partial charge in [0.2, 0.25) is 5.43 Å². The molecule has 1 aromatic heterocycles. The number of halogens is 1. The number of nitrogens with one attached hydrogen (secondary N) is 1. The van der Waals surface area contributed by atoms with Crippen molar-refractivity contribution in [2.45, 2.75) is 6.92 Å². The minimum absolute atomic E-state index is 0.0278. The summed E-state index contributed by atoms with van der Waals surface area (Å²) in [5.74, 6) is 0. The second-order valence-electron chi connectivity index (χ2n) is 3.33. The first-order valence-electron chi connectivity index (χ1n) is 4.54. The number of anilines is 1. The highest BCUT2D eigenvalue weighted by molar-refractivity contribution is 7.22. The van der Waals surface area contributed by atoms with Gasteiger partial charge in [-0.1, -0.05) is 23.2 Å². The zero-order chi connectivity index (χ0) is 11.0. The van der Waals surface area contributed by atoms with Crippen molar-refractivity contribution in [3.63, 3.8) is 0 Å². The smallest absolute Gasteiger partial charge is 0.212 e. The number of hydrogen-bond acceptors (Lipinski definition) is 3. The summed E-state index contributed by atoms with van der Waals surface area (Å²) in [6.07, 6.45) is 0. The van der Waals surface area contributed by atoms with Gasteiger partial charge in [-0.05, 0) is 19.1 Å². The van der Waals surface area contributed by atoms with Crippen molar-refractivity contribution < 1.29 is 0 Å². The second kappa shape index (κ2) is 3.83. The third-order valence-electron chi connectivity index (χ3n) is 2.25. The van der Waals surface area contributed by atoms with Crippen molar-refractivity contribution >= 4 is 38.7 Å². The van der Waals surface area contributed by atoms with Gasteiger partial charge in [0.15, 0.2) is 0 Å². The largest absolute Gasteiger partial charge is 0.383 e. The van der Waals surface area contributed by atoms with Crippen LogP contribution >= 0.6 is 22.9 Å². The summed E-state index contributed by atoms with van der Waals surface area (Å²) in [7, 11) is 1.71. The average molecular weight is 240 g/mol. The van der Waals surface area contributed by atoms with Crippen molar-refractivity contribution in [1.82, 2.24) is 0 Å². The van der Waals surface area contributed by atoms with Gasteiger partial charge >= 0.3 is 0 Å². The van der Waals surface area contributed by atoms with Gasteiger partial charge < -0.3 is 5.32 Å². The molecular formula is C11H10ClNOS. The van der Waals surface area contributed by atoms with E-state index in [0.717, 1.165) is 15.6 Å². The molecule has 2 aromatic rings. The van der Waals surface area contributed by atoms with Crippen molar-refractivity contribution in [2.24, 2.45) is 0 Å². The average Bonchev–Trinajstić information content (AvgIpc) is 2.20. The number of fused-ring (bicyclic) bond motifs is 1. The molecule has 0 fully saturated rings. The maximum atomic E-state index is 12.0. The molecule has 0 aliphatic carbocycles. The van der Waals surface area contributed by atoms with Gasteiger partial charge in [0.05, 0.1) is 0 Å². The highest BCUT2D eigenvalue weighted by atomic mass is 35.5. The van der Waals surface area contributed by atoms with Crippen molar-refractivity contribution in [3.05, 3.63) is 38.3 Å². The van der Waals surface area contributed by atoms with Gasteiger partial charge in [0.1, 0.15) is 10.0 Å². The standard InChI is InChI=1S/C11H10ClNOS/c1-6-3-4-8-7(5-6)10(14)9(13-2)11(12)15-8/h3-5,13H,1-2H3. The third-order valence-corrected chi connectivity index (χ3v) is 3.63. The van der Waals surface area contributed by atoms with E-state index in [1.54, 1.807) is 7.05 Å². The van der Waals surface area contributed by atoms with E-state index < -0.39 is 0 Å². The summed E-state index contributed by atoms with van der Waals surface area (Å²) in [6.45, 7) is 1.97. The molecule has 0 aliphatic rings. The summed E-state index contributed by atoms with van der Waals surface area (Å²) >= 11 is 7.42. The molecule has 2 nitrogen and oxygen atoms in total. The van der Waals surface area contributed by atoms with Crippen LogP contribution in [0.15, 0.2) is 23.0 Å². The Labute approximate surface area is 96.5 Å². The lowest BCUT2D eigenvalue weighted by Gasteiger charge is -2.04. The lowest BCUT2D eigenvalue weighted by atomic mass is 10.2. The normalized spacial score (nSPS) is 10.6. The van der Waals surface area contributed by atoms with E-state index in [0.29, 0.717) is 10.0 Å².